The number of rotatable bonds is 14. The van der Waals surface area contributed by atoms with E-state index in [0.29, 0.717) is 22.6 Å². The highest BCUT2D eigenvalue weighted by Gasteiger charge is 2.36. The van der Waals surface area contributed by atoms with Crippen molar-refractivity contribution in [2.45, 2.75) is 24.3 Å². The summed E-state index contributed by atoms with van der Waals surface area (Å²) in [4.78, 5) is 23.1. The van der Waals surface area contributed by atoms with Gasteiger partial charge in [0, 0.05) is 23.9 Å². The van der Waals surface area contributed by atoms with Crippen LogP contribution < -0.4 is 28.4 Å². The van der Waals surface area contributed by atoms with Crippen molar-refractivity contribution in [1.29, 1.82) is 0 Å². The van der Waals surface area contributed by atoms with Gasteiger partial charge in [-0.3, -0.25) is 9.59 Å². The Morgan fingerprint density at radius 3 is 1.27 bits per heavy atom. The third-order valence-corrected chi connectivity index (χ3v) is 10.4. The van der Waals surface area contributed by atoms with Crippen molar-refractivity contribution in [1.82, 2.24) is 0 Å². The number of methoxy groups -OCH3 is 4. The van der Waals surface area contributed by atoms with E-state index in [4.69, 9.17) is 51.6 Å². The molecule has 2 atom stereocenters. The van der Waals surface area contributed by atoms with Crippen molar-refractivity contribution in [2.24, 2.45) is 0 Å². The van der Waals surface area contributed by atoms with Gasteiger partial charge < -0.3 is 28.4 Å². The highest BCUT2D eigenvalue weighted by Crippen LogP contribution is 2.43. The van der Waals surface area contributed by atoms with Gasteiger partial charge in [0.1, 0.15) is 22.0 Å². The molecule has 0 N–H and O–H groups in total. The lowest BCUT2D eigenvalue weighted by Crippen LogP contribution is -2.19. The van der Waals surface area contributed by atoms with Crippen LogP contribution in [-0.4, -0.2) is 48.8 Å². The zero-order chi connectivity index (χ0) is 37.3. The highest BCUT2D eigenvalue weighted by atomic mass is 35.5. The van der Waals surface area contributed by atoms with Crippen LogP contribution in [0.3, 0.4) is 0 Å². The molecule has 0 bridgehead atoms. The van der Waals surface area contributed by atoms with Crippen molar-refractivity contribution >= 4 is 57.1 Å². The van der Waals surface area contributed by atoms with E-state index < -0.39 is 32.3 Å². The van der Waals surface area contributed by atoms with Crippen LogP contribution in [0.15, 0.2) is 84.9 Å². The maximum Gasteiger partial charge on any atom is 0.308 e. The standard InChI is InChI=1S/C38H36Cl2O10S/c1-23(41)49-33-15-7-25(19-35(33)47-5)9-17-37(29-13-11-27(45-3)21-31(29)39)51(43,44)38(30-14-12-28(46-4)22-32(30)40)18-10-26-8-16-34(50-24(2)42)36(20-26)48-6/h7-22,37-38H,1-6H3. The van der Waals surface area contributed by atoms with E-state index >= 15 is 8.42 Å². The summed E-state index contributed by atoms with van der Waals surface area (Å²) in [6.45, 7) is 2.55. The van der Waals surface area contributed by atoms with Crippen molar-refractivity contribution in [2.75, 3.05) is 28.4 Å². The lowest BCUT2D eigenvalue weighted by molar-refractivity contribution is -0.132. The minimum atomic E-state index is -4.30. The normalized spacial score (nSPS) is 12.7. The van der Waals surface area contributed by atoms with E-state index in [9.17, 15) is 9.59 Å². The predicted octanol–water partition coefficient (Wildman–Crippen LogP) is 8.50. The molecule has 4 rings (SSSR count). The van der Waals surface area contributed by atoms with Gasteiger partial charge in [0.05, 0.1) is 28.4 Å². The van der Waals surface area contributed by atoms with E-state index in [1.165, 1.54) is 66.6 Å². The first kappa shape index (κ1) is 38.8. The summed E-state index contributed by atoms with van der Waals surface area (Å²) in [5.74, 6) is 0.804. The fourth-order valence-corrected chi connectivity index (χ4v) is 7.86. The number of hydrogen-bond donors (Lipinski definition) is 0. The van der Waals surface area contributed by atoms with Gasteiger partial charge in [0.15, 0.2) is 32.8 Å². The molecule has 0 aliphatic heterocycles. The molecule has 0 spiro atoms. The Morgan fingerprint density at radius 2 is 0.961 bits per heavy atom. The molecule has 0 fully saturated rings. The van der Waals surface area contributed by atoms with Crippen LogP contribution in [0.5, 0.6) is 34.5 Å². The van der Waals surface area contributed by atoms with E-state index in [0.717, 1.165) is 0 Å². The first-order valence-corrected chi connectivity index (χ1v) is 17.7. The van der Waals surface area contributed by atoms with Gasteiger partial charge in [-0.05, 0) is 70.8 Å². The number of esters is 2. The number of carbonyl (C=O) groups is 2. The van der Waals surface area contributed by atoms with Crippen molar-refractivity contribution in [3.8, 4) is 34.5 Å². The maximum atomic E-state index is 15.0. The summed E-state index contributed by atoms with van der Waals surface area (Å²) in [7, 11) is 1.51. The topological polar surface area (TPSA) is 124 Å². The van der Waals surface area contributed by atoms with Crippen LogP contribution >= 0.6 is 23.2 Å². The Bertz CT molecular complexity index is 1930. The fourth-order valence-electron chi connectivity index (χ4n) is 5.12. The SMILES string of the molecule is COc1ccc(C(C=Cc2ccc(OC(C)=O)c(OC)c2)S(=O)(=O)C(C=Cc2ccc(OC(C)=O)c(OC)c2)c2ccc(OC)cc2Cl)c(Cl)c1. The Kier molecular flexibility index (Phi) is 13.2. The molecule has 4 aromatic rings. The molecule has 10 nitrogen and oxygen atoms in total. The van der Waals surface area contributed by atoms with E-state index in [1.54, 1.807) is 72.8 Å². The number of benzene rings is 4. The van der Waals surface area contributed by atoms with Gasteiger partial charge in [-0.25, -0.2) is 8.42 Å². The summed E-state index contributed by atoms with van der Waals surface area (Å²) in [5, 5.41) is -2.32. The van der Waals surface area contributed by atoms with E-state index in [-0.39, 0.29) is 44.2 Å². The highest BCUT2D eigenvalue weighted by molar-refractivity contribution is 7.92. The Balaban J connectivity index is 1.90. The molecule has 0 saturated heterocycles. The molecule has 4 aromatic carbocycles. The smallest absolute Gasteiger partial charge is 0.308 e. The quantitative estimate of drug-likeness (QED) is 0.0914. The minimum absolute atomic E-state index is 0.157. The molecule has 0 aliphatic carbocycles. The third kappa shape index (κ3) is 9.63. The van der Waals surface area contributed by atoms with Crippen molar-refractivity contribution < 1.29 is 46.4 Å². The molecule has 51 heavy (non-hydrogen) atoms. The molecular formula is C38H36Cl2O10S. The molecule has 0 amide bonds. The average Bonchev–Trinajstić information content (AvgIpc) is 3.09. The van der Waals surface area contributed by atoms with E-state index in [2.05, 4.69) is 0 Å². The van der Waals surface area contributed by atoms with Gasteiger partial charge in [-0.2, -0.15) is 0 Å². The predicted molar refractivity (Wildman–Crippen MR) is 197 cm³/mol. The summed E-state index contributed by atoms with van der Waals surface area (Å²) < 4.78 is 62.0. The van der Waals surface area contributed by atoms with Crippen molar-refractivity contribution in [3.05, 3.63) is 117 Å². The third-order valence-electron chi connectivity index (χ3n) is 7.55. The fraction of sp³-hybridized carbons (Fsp3) is 0.211. The number of sulfone groups is 1. The summed E-state index contributed by atoms with van der Waals surface area (Å²) in [6, 6.07) is 19.1. The number of ether oxygens (including phenoxy) is 6. The van der Waals surface area contributed by atoms with Gasteiger partial charge in [0.2, 0.25) is 0 Å². The Labute approximate surface area is 307 Å². The Hall–Kier alpha value is -4.97. The summed E-state index contributed by atoms with van der Waals surface area (Å²) in [6.07, 6.45) is 6.24. The maximum absolute atomic E-state index is 15.0. The molecule has 0 heterocycles. The Morgan fingerprint density at radius 1 is 0.569 bits per heavy atom. The average molecular weight is 756 g/mol. The molecular weight excluding hydrogens is 719 g/mol. The summed E-state index contributed by atoms with van der Waals surface area (Å²) in [5.41, 5.74) is 1.68. The van der Waals surface area contributed by atoms with Crippen LogP contribution in [0.2, 0.25) is 10.0 Å². The number of carbonyl (C=O) groups excluding carboxylic acids is 2. The zero-order valence-corrected chi connectivity index (χ0v) is 31.0. The lowest BCUT2D eigenvalue weighted by atomic mass is 10.1. The molecule has 2 unspecified atom stereocenters. The van der Waals surface area contributed by atoms with Crippen LogP contribution in [0.1, 0.15) is 46.6 Å². The first-order chi connectivity index (χ1) is 24.3. The van der Waals surface area contributed by atoms with Crippen LogP contribution in [-0.2, 0) is 19.4 Å². The molecule has 13 heteroatoms. The summed E-state index contributed by atoms with van der Waals surface area (Å²) >= 11 is 13.5. The molecule has 0 aromatic heterocycles. The second-order valence-electron chi connectivity index (χ2n) is 10.9. The first-order valence-electron chi connectivity index (χ1n) is 15.3. The minimum Gasteiger partial charge on any atom is -0.497 e. The van der Waals surface area contributed by atoms with Crippen LogP contribution in [0.25, 0.3) is 12.2 Å². The molecule has 0 radical (unpaired) electrons. The van der Waals surface area contributed by atoms with Crippen LogP contribution in [0, 0.1) is 0 Å². The second kappa shape index (κ2) is 17.3. The van der Waals surface area contributed by atoms with Gasteiger partial charge in [-0.15, -0.1) is 0 Å². The lowest BCUT2D eigenvalue weighted by Gasteiger charge is -2.23. The largest absolute Gasteiger partial charge is 0.497 e. The van der Waals surface area contributed by atoms with Gasteiger partial charge in [0.25, 0.3) is 0 Å². The number of halogens is 2. The van der Waals surface area contributed by atoms with Crippen molar-refractivity contribution in [3.63, 3.8) is 0 Å². The van der Waals surface area contributed by atoms with E-state index in [1.807, 2.05) is 0 Å². The molecule has 0 aliphatic rings. The van der Waals surface area contributed by atoms with Crippen LogP contribution in [0.4, 0.5) is 0 Å². The molecule has 268 valence electrons. The van der Waals surface area contributed by atoms with Gasteiger partial charge >= 0.3 is 11.9 Å². The zero-order valence-electron chi connectivity index (χ0n) is 28.6. The second-order valence-corrected chi connectivity index (χ2v) is 13.9. The number of hydrogen-bond acceptors (Lipinski definition) is 10. The monoisotopic (exact) mass is 754 g/mol. The molecule has 0 saturated carbocycles. The van der Waals surface area contributed by atoms with Gasteiger partial charge in [-0.1, -0.05) is 71.8 Å².